The van der Waals surface area contributed by atoms with Crippen molar-refractivity contribution in [2.75, 3.05) is 13.4 Å². The van der Waals surface area contributed by atoms with Crippen molar-refractivity contribution in [1.29, 1.82) is 0 Å². The first kappa shape index (κ1) is 16.9. The van der Waals surface area contributed by atoms with Gasteiger partial charge in [-0.2, -0.15) is 0 Å². The first-order valence-electron chi connectivity index (χ1n) is 7.64. The number of carbonyl (C=O) groups excluding carboxylic acids is 1. The van der Waals surface area contributed by atoms with Crippen molar-refractivity contribution >= 4 is 29.8 Å². The van der Waals surface area contributed by atoms with Gasteiger partial charge in [0.25, 0.3) is 0 Å². The van der Waals surface area contributed by atoms with Gasteiger partial charge in [-0.3, -0.25) is 5.10 Å². The summed E-state index contributed by atoms with van der Waals surface area (Å²) in [5.41, 5.74) is 1.77. The number of ether oxygens (including phenoxy) is 3. The number of aromatic amines is 2. The molecule has 2 N–H and O–H groups in total. The number of fused-ring (bicyclic) bond motifs is 1. The van der Waals surface area contributed by atoms with Crippen molar-refractivity contribution in [3.8, 4) is 11.5 Å². The van der Waals surface area contributed by atoms with Gasteiger partial charge in [0.2, 0.25) is 6.79 Å². The van der Waals surface area contributed by atoms with E-state index in [9.17, 15) is 4.79 Å². The summed E-state index contributed by atoms with van der Waals surface area (Å²) in [6.45, 7) is 2.58. The molecule has 0 spiro atoms. The molecule has 0 fully saturated rings. The molecule has 2 aromatic rings. The van der Waals surface area contributed by atoms with E-state index in [1.807, 2.05) is 6.92 Å². The highest BCUT2D eigenvalue weighted by Crippen LogP contribution is 2.37. The van der Waals surface area contributed by atoms with Crippen LogP contribution in [0, 0.1) is 4.64 Å². The minimum atomic E-state index is -0.433. The lowest BCUT2D eigenvalue weighted by Gasteiger charge is -2.07. The summed E-state index contributed by atoms with van der Waals surface area (Å²) in [5, 5.41) is 6.25. The van der Waals surface area contributed by atoms with Crippen LogP contribution in [0.25, 0.3) is 0 Å². The van der Waals surface area contributed by atoms with Crippen LogP contribution in [-0.4, -0.2) is 29.6 Å². The van der Waals surface area contributed by atoms with Crippen LogP contribution in [0.5, 0.6) is 11.5 Å². The SMILES string of the molecule is CCCCOC(=O)c1c(Cc2cc3c(cc2Cl)OCO3)[nH][nH]c1=S. The number of esters is 1. The Bertz CT molecular complexity index is 815. The van der Waals surface area contributed by atoms with E-state index in [-0.39, 0.29) is 6.79 Å². The van der Waals surface area contributed by atoms with Crippen molar-refractivity contribution < 1.29 is 19.0 Å². The van der Waals surface area contributed by atoms with Gasteiger partial charge in [-0.15, -0.1) is 0 Å². The number of hydrogen-bond donors (Lipinski definition) is 2. The molecule has 0 amide bonds. The normalized spacial score (nSPS) is 12.4. The number of nitrogens with one attached hydrogen (secondary N) is 2. The third kappa shape index (κ3) is 3.42. The highest BCUT2D eigenvalue weighted by atomic mass is 35.5. The zero-order valence-corrected chi connectivity index (χ0v) is 14.7. The number of halogens is 1. The molecule has 0 atom stereocenters. The third-order valence-corrected chi connectivity index (χ3v) is 4.36. The molecule has 8 heteroatoms. The topological polar surface area (TPSA) is 76.3 Å². The number of hydrogen-bond acceptors (Lipinski definition) is 5. The predicted molar refractivity (Wildman–Crippen MR) is 91.5 cm³/mol. The van der Waals surface area contributed by atoms with Crippen molar-refractivity contribution in [2.24, 2.45) is 0 Å². The first-order chi connectivity index (χ1) is 11.6. The van der Waals surface area contributed by atoms with Gasteiger partial charge in [0.15, 0.2) is 11.5 Å². The third-order valence-electron chi connectivity index (χ3n) is 3.70. The number of benzene rings is 1. The van der Waals surface area contributed by atoms with E-state index in [1.54, 1.807) is 12.1 Å². The van der Waals surface area contributed by atoms with E-state index in [0.29, 0.717) is 45.4 Å². The molecule has 0 radical (unpaired) electrons. The summed E-state index contributed by atoms with van der Waals surface area (Å²) in [6.07, 6.45) is 2.16. The maximum absolute atomic E-state index is 12.3. The summed E-state index contributed by atoms with van der Waals surface area (Å²) in [7, 11) is 0. The van der Waals surface area contributed by atoms with Gasteiger partial charge in [0.05, 0.1) is 12.3 Å². The van der Waals surface area contributed by atoms with E-state index >= 15 is 0 Å². The quantitative estimate of drug-likeness (QED) is 0.458. The van der Waals surface area contributed by atoms with Crippen LogP contribution in [0.15, 0.2) is 12.1 Å². The highest BCUT2D eigenvalue weighted by molar-refractivity contribution is 7.71. The molecule has 1 aliphatic rings. The van der Waals surface area contributed by atoms with Crippen LogP contribution in [0.1, 0.15) is 41.4 Å². The number of H-pyrrole nitrogens is 2. The lowest BCUT2D eigenvalue weighted by atomic mass is 10.1. The number of carbonyl (C=O) groups is 1. The molecule has 0 aliphatic carbocycles. The van der Waals surface area contributed by atoms with Gasteiger partial charge >= 0.3 is 5.97 Å². The number of unbranched alkanes of at least 4 members (excludes halogenated alkanes) is 1. The lowest BCUT2D eigenvalue weighted by Crippen LogP contribution is -2.09. The molecule has 1 aliphatic heterocycles. The number of aromatic nitrogens is 2. The van der Waals surface area contributed by atoms with Crippen LogP contribution in [0.3, 0.4) is 0 Å². The van der Waals surface area contributed by atoms with Gasteiger partial charge in [-0.25, -0.2) is 4.79 Å². The summed E-state index contributed by atoms with van der Waals surface area (Å²) in [6, 6.07) is 3.51. The molecular formula is C16H17ClN2O4S. The average molecular weight is 369 g/mol. The Hall–Kier alpha value is -1.99. The minimum absolute atomic E-state index is 0.177. The van der Waals surface area contributed by atoms with Crippen LogP contribution in [-0.2, 0) is 11.2 Å². The van der Waals surface area contributed by atoms with E-state index in [4.69, 9.17) is 38.0 Å². The highest BCUT2D eigenvalue weighted by Gasteiger charge is 2.21. The first-order valence-corrected chi connectivity index (χ1v) is 8.43. The average Bonchev–Trinajstić information content (AvgIpc) is 3.14. The molecule has 1 aromatic carbocycles. The molecule has 0 unspecified atom stereocenters. The second-order valence-corrected chi connectivity index (χ2v) is 6.21. The molecule has 6 nitrogen and oxygen atoms in total. The maximum atomic E-state index is 12.3. The Morgan fingerprint density at radius 1 is 1.33 bits per heavy atom. The zero-order valence-electron chi connectivity index (χ0n) is 13.1. The second-order valence-electron chi connectivity index (χ2n) is 5.40. The zero-order chi connectivity index (χ0) is 17.1. The monoisotopic (exact) mass is 368 g/mol. The Kier molecular flexibility index (Phi) is 5.11. The van der Waals surface area contributed by atoms with Crippen LogP contribution in [0.2, 0.25) is 5.02 Å². The van der Waals surface area contributed by atoms with E-state index in [2.05, 4.69) is 10.2 Å². The van der Waals surface area contributed by atoms with Crippen molar-refractivity contribution in [1.82, 2.24) is 10.2 Å². The molecule has 0 bridgehead atoms. The lowest BCUT2D eigenvalue weighted by molar-refractivity contribution is 0.0498. The standard InChI is InChI=1S/C16H17ClN2O4S/c1-2-3-4-21-16(20)14-11(18-19-15(14)24)5-9-6-12-13(7-10(9)17)23-8-22-12/h6-7H,2-5,8H2,1H3,(H2,18,19,24). The minimum Gasteiger partial charge on any atom is -0.462 e. The van der Waals surface area contributed by atoms with Crippen LogP contribution in [0.4, 0.5) is 0 Å². The maximum Gasteiger partial charge on any atom is 0.343 e. The van der Waals surface area contributed by atoms with E-state index in [1.165, 1.54) is 0 Å². The fraction of sp³-hybridized carbons (Fsp3) is 0.375. The molecule has 0 saturated carbocycles. The van der Waals surface area contributed by atoms with Crippen LogP contribution < -0.4 is 9.47 Å². The summed E-state index contributed by atoms with van der Waals surface area (Å²) >= 11 is 11.5. The van der Waals surface area contributed by atoms with Gasteiger partial charge in [-0.1, -0.05) is 37.2 Å². The Labute approximate surface area is 149 Å². The van der Waals surface area contributed by atoms with Crippen molar-refractivity contribution in [3.63, 3.8) is 0 Å². The fourth-order valence-electron chi connectivity index (χ4n) is 2.41. The summed E-state index contributed by atoms with van der Waals surface area (Å²) in [5.74, 6) is 0.818. The summed E-state index contributed by atoms with van der Waals surface area (Å²) < 4.78 is 16.3. The molecule has 0 saturated heterocycles. The Morgan fingerprint density at radius 2 is 2.08 bits per heavy atom. The summed E-state index contributed by atoms with van der Waals surface area (Å²) in [4.78, 5) is 12.3. The Balaban J connectivity index is 1.84. The van der Waals surface area contributed by atoms with Gasteiger partial charge < -0.3 is 19.3 Å². The van der Waals surface area contributed by atoms with E-state index < -0.39 is 5.97 Å². The largest absolute Gasteiger partial charge is 0.462 e. The predicted octanol–water partition coefficient (Wildman–Crippen LogP) is 4.00. The van der Waals surface area contributed by atoms with Gasteiger partial charge in [-0.05, 0) is 18.1 Å². The van der Waals surface area contributed by atoms with Crippen molar-refractivity contribution in [3.05, 3.63) is 38.6 Å². The molecule has 1 aromatic heterocycles. The van der Waals surface area contributed by atoms with Gasteiger partial charge in [0.1, 0.15) is 10.2 Å². The smallest absolute Gasteiger partial charge is 0.343 e. The van der Waals surface area contributed by atoms with E-state index in [0.717, 1.165) is 18.4 Å². The molecule has 24 heavy (non-hydrogen) atoms. The molecule has 3 rings (SSSR count). The number of rotatable bonds is 6. The van der Waals surface area contributed by atoms with Gasteiger partial charge in [0, 0.05) is 17.5 Å². The molecule has 2 heterocycles. The van der Waals surface area contributed by atoms with Crippen molar-refractivity contribution in [2.45, 2.75) is 26.2 Å². The molecule has 128 valence electrons. The second kappa shape index (κ2) is 7.27. The fourth-order valence-corrected chi connectivity index (χ4v) is 2.89. The Morgan fingerprint density at radius 3 is 2.83 bits per heavy atom. The van der Waals surface area contributed by atoms with Crippen LogP contribution >= 0.6 is 23.8 Å². The molecular weight excluding hydrogens is 352 g/mol.